The summed E-state index contributed by atoms with van der Waals surface area (Å²) in [4.78, 5) is 3.79. The maximum Gasteiger partial charge on any atom is 0.174 e. The van der Waals surface area contributed by atoms with Crippen LogP contribution in [0.15, 0.2) is 16.4 Å². The Morgan fingerprint density at radius 3 is 2.57 bits per heavy atom. The van der Waals surface area contributed by atoms with Crippen molar-refractivity contribution in [2.24, 2.45) is 4.99 Å². The fourth-order valence-corrected chi connectivity index (χ4v) is 1.47. The zero-order valence-corrected chi connectivity index (χ0v) is 6.97. The van der Waals surface area contributed by atoms with E-state index in [0.717, 1.165) is 0 Å². The largest absolute Gasteiger partial charge is 0.387 e. The minimum absolute atomic E-state index is 0.0344. The smallest absolute Gasteiger partial charge is 0.174 e. The highest BCUT2D eigenvalue weighted by Gasteiger charge is 2.48. The van der Waals surface area contributed by atoms with Gasteiger partial charge in [-0.1, -0.05) is 0 Å². The van der Waals surface area contributed by atoms with Crippen LogP contribution in [0, 0.1) is 22.7 Å². The van der Waals surface area contributed by atoms with Gasteiger partial charge in [-0.3, -0.25) is 0 Å². The van der Waals surface area contributed by atoms with E-state index in [-0.39, 0.29) is 11.4 Å². The molecule has 6 heteroatoms. The number of nitrogens with zero attached hydrogens (tertiary/aromatic N) is 3. The number of rotatable bonds is 0. The summed E-state index contributed by atoms with van der Waals surface area (Å²) in [6, 6.07) is 2.98. The van der Waals surface area contributed by atoms with E-state index in [1.807, 2.05) is 0 Å². The Morgan fingerprint density at radius 1 is 1.29 bits per heavy atom. The monoisotopic (exact) mass is 190 g/mol. The van der Waals surface area contributed by atoms with Crippen LogP contribution in [0.3, 0.4) is 0 Å². The molecule has 14 heavy (non-hydrogen) atoms. The van der Waals surface area contributed by atoms with Crippen molar-refractivity contribution in [1.82, 2.24) is 5.32 Å². The number of fused-ring (bicyclic) bond motifs is 1. The number of hydrogen-bond donors (Lipinski definition) is 3. The van der Waals surface area contributed by atoms with Crippen molar-refractivity contribution in [2.75, 3.05) is 0 Å². The van der Waals surface area contributed by atoms with Gasteiger partial charge in [0.1, 0.15) is 24.3 Å². The Labute approximate surface area is 79.4 Å². The molecule has 2 unspecified atom stereocenters. The van der Waals surface area contributed by atoms with Crippen LogP contribution in [-0.4, -0.2) is 34.2 Å². The maximum atomic E-state index is 9.28. The topological polar surface area (TPSA) is 112 Å². The molecule has 2 aliphatic rings. The fourth-order valence-electron chi connectivity index (χ4n) is 1.47. The van der Waals surface area contributed by atoms with E-state index in [2.05, 4.69) is 10.3 Å². The number of aliphatic hydroxyl groups excluding tert-OH is 2. The van der Waals surface area contributed by atoms with Crippen molar-refractivity contribution in [3.05, 3.63) is 11.4 Å². The lowest BCUT2D eigenvalue weighted by Crippen LogP contribution is -2.67. The van der Waals surface area contributed by atoms with E-state index in [9.17, 15) is 10.2 Å². The first kappa shape index (κ1) is 8.70. The third-order valence-electron chi connectivity index (χ3n) is 2.28. The standard InChI is InChI=1S/C8H6N4O2/c9-1-3-4(2-10)12-6-5(11-3)7(13)8(6)14/h5,7-8,11,13-14H/t5?,7-,8?/m0/s1. The average Bonchev–Trinajstić information content (AvgIpc) is 2.25. The second-order valence-electron chi connectivity index (χ2n) is 3.04. The Morgan fingerprint density at radius 2 is 2.00 bits per heavy atom. The molecular formula is C8H6N4O2. The summed E-state index contributed by atoms with van der Waals surface area (Å²) in [5.74, 6) is 0. The Balaban J connectivity index is 2.39. The molecule has 1 aliphatic heterocycles. The molecule has 3 atom stereocenters. The first-order valence-electron chi connectivity index (χ1n) is 3.94. The first-order valence-corrected chi connectivity index (χ1v) is 3.94. The minimum atomic E-state index is -1.03. The zero-order valence-electron chi connectivity index (χ0n) is 6.97. The lowest BCUT2D eigenvalue weighted by molar-refractivity contribution is 0.0119. The quantitative estimate of drug-likeness (QED) is 0.425. The van der Waals surface area contributed by atoms with E-state index in [4.69, 9.17) is 10.5 Å². The third-order valence-corrected chi connectivity index (χ3v) is 2.28. The van der Waals surface area contributed by atoms with Gasteiger partial charge in [-0.15, -0.1) is 0 Å². The van der Waals surface area contributed by atoms with Crippen molar-refractivity contribution < 1.29 is 10.2 Å². The highest BCUT2D eigenvalue weighted by Crippen LogP contribution is 2.25. The molecule has 0 radical (unpaired) electrons. The van der Waals surface area contributed by atoms with Crippen molar-refractivity contribution in [2.45, 2.75) is 18.2 Å². The van der Waals surface area contributed by atoms with Crippen molar-refractivity contribution in [3.63, 3.8) is 0 Å². The van der Waals surface area contributed by atoms with Gasteiger partial charge in [-0.05, 0) is 0 Å². The van der Waals surface area contributed by atoms with Crippen LogP contribution in [-0.2, 0) is 0 Å². The van der Waals surface area contributed by atoms with Gasteiger partial charge in [0.25, 0.3) is 0 Å². The summed E-state index contributed by atoms with van der Waals surface area (Å²) in [6.45, 7) is 0. The molecule has 0 saturated heterocycles. The number of nitrogens with one attached hydrogen (secondary N) is 1. The van der Waals surface area contributed by atoms with Crippen LogP contribution < -0.4 is 5.32 Å². The first-order chi connectivity index (χ1) is 6.69. The molecule has 0 aromatic rings. The summed E-state index contributed by atoms with van der Waals surface area (Å²) < 4.78 is 0. The van der Waals surface area contributed by atoms with Gasteiger partial charge in [-0.25, -0.2) is 4.99 Å². The molecule has 2 rings (SSSR count). The SMILES string of the molecule is N#CC1=C(C#N)NC2C(=N1)C(O)[C@H]2O. The minimum Gasteiger partial charge on any atom is -0.387 e. The predicted molar refractivity (Wildman–Crippen MR) is 44.6 cm³/mol. The predicted octanol–water partition coefficient (Wildman–Crippen LogP) is -1.61. The van der Waals surface area contributed by atoms with Gasteiger partial charge in [0.2, 0.25) is 0 Å². The molecule has 1 heterocycles. The van der Waals surface area contributed by atoms with Crippen LogP contribution in [0.5, 0.6) is 0 Å². The van der Waals surface area contributed by atoms with Gasteiger partial charge in [0, 0.05) is 0 Å². The van der Waals surface area contributed by atoms with Gasteiger partial charge < -0.3 is 15.5 Å². The third kappa shape index (κ3) is 0.925. The number of allylic oxidation sites excluding steroid dienone is 2. The van der Waals surface area contributed by atoms with Gasteiger partial charge in [0.15, 0.2) is 11.4 Å². The highest BCUT2D eigenvalue weighted by molar-refractivity contribution is 6.02. The van der Waals surface area contributed by atoms with Crippen LogP contribution in [0.1, 0.15) is 0 Å². The molecule has 0 aromatic heterocycles. The molecule has 1 fully saturated rings. The normalized spacial score (nSPS) is 34.3. The number of aliphatic imine (C=N–C) groups is 1. The maximum absolute atomic E-state index is 9.28. The van der Waals surface area contributed by atoms with Gasteiger partial charge >= 0.3 is 0 Å². The molecule has 0 bridgehead atoms. The molecule has 0 spiro atoms. The van der Waals surface area contributed by atoms with E-state index in [0.29, 0.717) is 5.71 Å². The summed E-state index contributed by atoms with van der Waals surface area (Å²) in [6.07, 6.45) is -1.99. The van der Waals surface area contributed by atoms with Crippen molar-refractivity contribution in [1.29, 1.82) is 10.5 Å². The Kier molecular flexibility index (Phi) is 1.74. The van der Waals surface area contributed by atoms with Crippen molar-refractivity contribution in [3.8, 4) is 12.1 Å². The number of nitriles is 2. The van der Waals surface area contributed by atoms with E-state index in [1.54, 1.807) is 12.1 Å². The van der Waals surface area contributed by atoms with E-state index < -0.39 is 18.2 Å². The number of hydrogen-bond acceptors (Lipinski definition) is 6. The molecule has 6 nitrogen and oxygen atoms in total. The molecule has 70 valence electrons. The molecule has 3 N–H and O–H groups in total. The lowest BCUT2D eigenvalue weighted by atomic mass is 9.81. The summed E-state index contributed by atoms with van der Waals surface area (Å²) >= 11 is 0. The Bertz CT molecular complexity index is 426. The highest BCUT2D eigenvalue weighted by atomic mass is 16.3. The average molecular weight is 190 g/mol. The second kappa shape index (κ2) is 2.81. The zero-order chi connectivity index (χ0) is 10.3. The summed E-state index contributed by atoms with van der Waals surface area (Å²) in [5, 5.41) is 38.4. The van der Waals surface area contributed by atoms with Crippen LogP contribution >= 0.6 is 0 Å². The van der Waals surface area contributed by atoms with Crippen LogP contribution in [0.4, 0.5) is 0 Å². The fraction of sp³-hybridized carbons (Fsp3) is 0.375. The Hall–Kier alpha value is -1.89. The molecular weight excluding hydrogens is 184 g/mol. The van der Waals surface area contributed by atoms with E-state index >= 15 is 0 Å². The van der Waals surface area contributed by atoms with Crippen LogP contribution in [0.25, 0.3) is 0 Å². The van der Waals surface area contributed by atoms with Crippen molar-refractivity contribution >= 4 is 5.71 Å². The lowest BCUT2D eigenvalue weighted by Gasteiger charge is -2.41. The molecule has 0 amide bonds. The number of aliphatic hydroxyl groups is 2. The molecule has 1 saturated carbocycles. The van der Waals surface area contributed by atoms with Gasteiger partial charge in [0.05, 0.1) is 11.8 Å². The second-order valence-corrected chi connectivity index (χ2v) is 3.04. The molecule has 1 aliphatic carbocycles. The summed E-state index contributed by atoms with van der Waals surface area (Å²) in [5.41, 5.74) is 0.296. The van der Waals surface area contributed by atoms with Crippen LogP contribution in [0.2, 0.25) is 0 Å². The van der Waals surface area contributed by atoms with Gasteiger partial charge in [-0.2, -0.15) is 10.5 Å². The van der Waals surface area contributed by atoms with E-state index in [1.165, 1.54) is 0 Å². The summed E-state index contributed by atoms with van der Waals surface area (Å²) in [7, 11) is 0. The molecule has 0 aromatic carbocycles.